The Kier molecular flexibility index (Phi) is 2.00. The molecule has 1 aromatic heterocycles. The Bertz CT molecular complexity index is 264. The number of aromatic nitrogens is 2. The number of rotatable bonds is 1. The Morgan fingerprint density at radius 2 is 2.09 bits per heavy atom. The van der Waals surface area contributed by atoms with Gasteiger partial charge in [0.2, 0.25) is 0 Å². The van der Waals surface area contributed by atoms with Crippen molar-refractivity contribution in [2.45, 2.75) is 18.8 Å². The van der Waals surface area contributed by atoms with Crippen LogP contribution in [0.15, 0.2) is 6.07 Å². The van der Waals surface area contributed by atoms with Crippen LogP contribution in [0.2, 0.25) is 0 Å². The van der Waals surface area contributed by atoms with Gasteiger partial charge in [-0.3, -0.25) is 0 Å². The molecule has 1 rings (SSSR count). The summed E-state index contributed by atoms with van der Waals surface area (Å²) in [6, 6.07) is 1.59. The van der Waals surface area contributed by atoms with Crippen molar-refractivity contribution in [2.24, 2.45) is 0 Å². The van der Waals surface area contributed by atoms with E-state index in [4.69, 9.17) is 0 Å². The molecule has 0 atom stereocenters. The third-order valence-electron chi connectivity index (χ3n) is 1.25. The molecule has 0 aliphatic heterocycles. The van der Waals surface area contributed by atoms with Gasteiger partial charge in [-0.25, -0.2) is 0 Å². The van der Waals surface area contributed by atoms with Gasteiger partial charge in [0, 0.05) is 21.6 Å². The molecular weight excluding hydrogens is 218 g/mol. The third-order valence-corrected chi connectivity index (χ3v) is 1.59. The molecule has 0 aromatic carbocycles. The summed E-state index contributed by atoms with van der Waals surface area (Å²) in [6.45, 7) is 3.25. The topological polar surface area (TPSA) is 17.8 Å². The number of alkyl halides is 3. The zero-order valence-corrected chi connectivity index (χ0v) is 7.69. The average Bonchev–Trinajstić information content (AvgIpc) is 2.08. The van der Waals surface area contributed by atoms with Gasteiger partial charge in [-0.2, -0.15) is 18.6 Å². The van der Waals surface area contributed by atoms with Crippen molar-refractivity contribution in [1.82, 2.24) is 9.78 Å². The first-order valence-corrected chi connectivity index (χ1v) is 3.81. The van der Waals surface area contributed by atoms with Crippen LogP contribution < -0.4 is 0 Å². The Balaban J connectivity index is 3.13. The van der Waals surface area contributed by atoms with E-state index < -0.39 is 4.96 Å². The highest BCUT2D eigenvalue weighted by molar-refractivity contribution is 9.09. The van der Waals surface area contributed by atoms with Gasteiger partial charge in [-0.05, 0) is 19.9 Å². The first kappa shape index (κ1) is 8.64. The van der Waals surface area contributed by atoms with E-state index >= 15 is 0 Å². The zero-order valence-electron chi connectivity index (χ0n) is 6.11. The van der Waals surface area contributed by atoms with E-state index in [-0.39, 0.29) is 0 Å². The predicted octanol–water partition coefficient (Wildman–Crippen LogP) is 2.40. The van der Waals surface area contributed by atoms with Crippen LogP contribution in [-0.4, -0.2) is 9.78 Å². The molecule has 0 spiro atoms. The van der Waals surface area contributed by atoms with Gasteiger partial charge in [0.1, 0.15) is 0 Å². The summed E-state index contributed by atoms with van der Waals surface area (Å²) in [4.78, 5) is -3.08. The van der Waals surface area contributed by atoms with Crippen LogP contribution in [0, 0.1) is 13.8 Å². The predicted molar refractivity (Wildman–Crippen MR) is 40.8 cm³/mol. The molecule has 0 saturated heterocycles. The van der Waals surface area contributed by atoms with Crippen LogP contribution in [-0.2, 0) is 4.96 Å². The lowest BCUT2D eigenvalue weighted by Crippen LogP contribution is -2.17. The maximum atomic E-state index is 12.5. The SMILES string of the molecule is Cc1cc(C)n(C(F)(F)Br)n1. The normalized spacial score (nSPS) is 12.1. The van der Waals surface area contributed by atoms with Crippen LogP contribution in [0.25, 0.3) is 0 Å². The van der Waals surface area contributed by atoms with Crippen molar-refractivity contribution in [3.8, 4) is 0 Å². The maximum absolute atomic E-state index is 12.5. The van der Waals surface area contributed by atoms with E-state index in [0.29, 0.717) is 16.1 Å². The fourth-order valence-electron chi connectivity index (χ4n) is 0.886. The lowest BCUT2D eigenvalue weighted by atomic mass is 10.4. The third kappa shape index (κ3) is 1.77. The van der Waals surface area contributed by atoms with Gasteiger partial charge in [-0.15, -0.1) is 0 Å². The zero-order chi connectivity index (χ0) is 8.65. The van der Waals surface area contributed by atoms with Gasteiger partial charge in [-0.1, -0.05) is 0 Å². The van der Waals surface area contributed by atoms with Gasteiger partial charge in [0.15, 0.2) is 0 Å². The van der Waals surface area contributed by atoms with Gasteiger partial charge in [0.25, 0.3) is 0 Å². The Morgan fingerprint density at radius 1 is 1.55 bits per heavy atom. The Hall–Kier alpha value is -0.450. The van der Waals surface area contributed by atoms with E-state index in [1.165, 1.54) is 0 Å². The summed E-state index contributed by atoms with van der Waals surface area (Å²) in [7, 11) is 0. The molecule has 11 heavy (non-hydrogen) atoms. The molecule has 1 aromatic rings. The highest BCUT2D eigenvalue weighted by Crippen LogP contribution is 2.28. The lowest BCUT2D eigenvalue weighted by molar-refractivity contribution is 0.0177. The second-order valence-electron chi connectivity index (χ2n) is 2.31. The molecule has 0 aliphatic carbocycles. The van der Waals surface area contributed by atoms with Gasteiger partial charge < -0.3 is 0 Å². The minimum absolute atomic E-state index is 0.435. The van der Waals surface area contributed by atoms with E-state index in [1.807, 2.05) is 0 Å². The fraction of sp³-hybridized carbons (Fsp3) is 0.500. The highest BCUT2D eigenvalue weighted by Gasteiger charge is 2.29. The average molecular weight is 225 g/mol. The van der Waals surface area contributed by atoms with Crippen molar-refractivity contribution in [3.63, 3.8) is 0 Å². The molecule has 5 heteroatoms. The van der Waals surface area contributed by atoms with Gasteiger partial charge in [0.05, 0.1) is 5.69 Å². The first-order valence-electron chi connectivity index (χ1n) is 3.02. The minimum atomic E-state index is -3.08. The maximum Gasteiger partial charge on any atom is 0.401 e. The molecule has 0 radical (unpaired) electrons. The molecule has 0 unspecified atom stereocenters. The fourth-order valence-corrected chi connectivity index (χ4v) is 1.24. The standard InChI is InChI=1S/C6H7BrF2N2/c1-4-3-5(2)11(10-4)6(7,8)9/h3H,1-2H3. The van der Waals surface area contributed by atoms with Crippen molar-refractivity contribution in [2.75, 3.05) is 0 Å². The molecule has 0 N–H and O–H groups in total. The van der Waals surface area contributed by atoms with Crippen LogP contribution in [0.4, 0.5) is 8.78 Å². The highest BCUT2D eigenvalue weighted by atomic mass is 79.9. The number of nitrogens with zero attached hydrogens (tertiary/aromatic N) is 2. The molecule has 0 bridgehead atoms. The minimum Gasteiger partial charge on any atom is -0.196 e. The van der Waals surface area contributed by atoms with Gasteiger partial charge >= 0.3 is 4.96 Å². The van der Waals surface area contributed by atoms with Crippen molar-refractivity contribution >= 4 is 15.9 Å². The molecular formula is C6H7BrF2N2. The summed E-state index contributed by atoms with van der Waals surface area (Å²) in [5.74, 6) is 0. The summed E-state index contributed by atoms with van der Waals surface area (Å²) in [6.07, 6.45) is 0. The van der Waals surface area contributed by atoms with E-state index in [1.54, 1.807) is 19.9 Å². The first-order chi connectivity index (χ1) is 4.91. The molecule has 0 amide bonds. The quantitative estimate of drug-likeness (QED) is 0.671. The Morgan fingerprint density at radius 3 is 2.27 bits per heavy atom. The molecule has 2 nitrogen and oxygen atoms in total. The van der Waals surface area contributed by atoms with Crippen molar-refractivity contribution < 1.29 is 8.78 Å². The molecule has 0 fully saturated rings. The summed E-state index contributed by atoms with van der Waals surface area (Å²) >= 11 is 2.22. The second kappa shape index (κ2) is 2.55. The summed E-state index contributed by atoms with van der Waals surface area (Å²) < 4.78 is 25.7. The van der Waals surface area contributed by atoms with Crippen LogP contribution in [0.5, 0.6) is 0 Å². The second-order valence-corrected chi connectivity index (χ2v) is 3.26. The monoisotopic (exact) mass is 224 g/mol. The number of hydrogen-bond acceptors (Lipinski definition) is 1. The van der Waals surface area contributed by atoms with Crippen LogP contribution >= 0.6 is 15.9 Å². The molecule has 62 valence electrons. The van der Waals surface area contributed by atoms with Crippen molar-refractivity contribution in [3.05, 3.63) is 17.5 Å². The van der Waals surface area contributed by atoms with E-state index in [9.17, 15) is 8.78 Å². The van der Waals surface area contributed by atoms with Crippen LogP contribution in [0.3, 0.4) is 0 Å². The lowest BCUT2D eigenvalue weighted by Gasteiger charge is -2.09. The van der Waals surface area contributed by atoms with Crippen molar-refractivity contribution in [1.29, 1.82) is 0 Å². The Labute approximate surface area is 71.3 Å². The summed E-state index contributed by atoms with van der Waals surface area (Å²) in [5.41, 5.74) is 1.02. The van der Waals surface area contributed by atoms with Crippen LogP contribution in [0.1, 0.15) is 11.4 Å². The van der Waals surface area contributed by atoms with E-state index in [0.717, 1.165) is 0 Å². The number of aryl methyl sites for hydroxylation is 2. The van der Waals surface area contributed by atoms with E-state index in [2.05, 4.69) is 21.0 Å². The number of hydrogen-bond donors (Lipinski definition) is 0. The molecule has 0 saturated carbocycles. The largest absolute Gasteiger partial charge is 0.401 e. The molecule has 0 aliphatic rings. The summed E-state index contributed by atoms with van der Waals surface area (Å²) in [5, 5.41) is 3.60. The smallest absolute Gasteiger partial charge is 0.196 e. The number of halogens is 3. The molecule has 1 heterocycles.